The van der Waals surface area contributed by atoms with Crippen LogP contribution in [0.2, 0.25) is 0 Å². The van der Waals surface area contributed by atoms with Gasteiger partial charge in [0, 0.05) is 30.3 Å². The van der Waals surface area contributed by atoms with Crippen molar-refractivity contribution < 1.29 is 4.74 Å². The highest BCUT2D eigenvalue weighted by Crippen LogP contribution is 2.42. The molecule has 0 bridgehead atoms. The Balaban J connectivity index is 1.33. The average Bonchev–Trinajstić information content (AvgIpc) is 3.56. The zero-order valence-electron chi connectivity index (χ0n) is 20.2. The zero-order valence-corrected chi connectivity index (χ0v) is 21.0. The van der Waals surface area contributed by atoms with Crippen LogP contribution in [0.1, 0.15) is 61.5 Å². The number of rotatable bonds is 6. The first-order chi connectivity index (χ1) is 17.8. The fourth-order valence-corrected chi connectivity index (χ4v) is 5.83. The minimum absolute atomic E-state index is 0.00173. The zero-order chi connectivity index (χ0) is 24.3. The monoisotopic (exact) mass is 494 g/mol. The maximum atomic E-state index is 6.01. The Labute approximate surface area is 217 Å². The van der Waals surface area contributed by atoms with Crippen LogP contribution in [0.15, 0.2) is 97.5 Å². The minimum atomic E-state index is -0.0406. The Bertz CT molecular complexity index is 1300. The highest BCUT2D eigenvalue weighted by atomic mass is 32.1. The van der Waals surface area contributed by atoms with Gasteiger partial charge in [-0.1, -0.05) is 43.5 Å². The van der Waals surface area contributed by atoms with Crippen LogP contribution in [-0.4, -0.2) is 14.7 Å². The number of hydrogen-bond acceptors (Lipinski definition) is 3. The summed E-state index contributed by atoms with van der Waals surface area (Å²) in [6, 6.07) is 26.9. The van der Waals surface area contributed by atoms with E-state index in [2.05, 4.69) is 56.4 Å². The van der Waals surface area contributed by atoms with Crippen molar-refractivity contribution in [1.29, 1.82) is 0 Å². The molecule has 2 aromatic heterocycles. The molecule has 2 fully saturated rings. The third-order valence-electron chi connectivity index (χ3n) is 7.27. The molecule has 1 aliphatic heterocycles. The topological polar surface area (TPSA) is 42.3 Å². The molecular weight excluding hydrogens is 464 g/mol. The van der Waals surface area contributed by atoms with Gasteiger partial charge in [-0.2, -0.15) is 0 Å². The van der Waals surface area contributed by atoms with Crippen LogP contribution in [0.4, 0.5) is 5.69 Å². The number of nitrogens with one attached hydrogen (secondary N) is 1. The Morgan fingerprint density at radius 1 is 0.833 bits per heavy atom. The van der Waals surface area contributed by atoms with E-state index < -0.39 is 0 Å². The molecule has 0 spiro atoms. The number of aromatic nitrogens is 2. The molecule has 6 rings (SSSR count). The molecule has 1 aliphatic carbocycles. The summed E-state index contributed by atoms with van der Waals surface area (Å²) in [6.07, 6.45) is 12.9. The number of nitrogens with zero attached hydrogens (tertiary/aromatic N) is 3. The summed E-state index contributed by atoms with van der Waals surface area (Å²) in [6.45, 7) is 0. The number of pyridine rings is 1. The van der Waals surface area contributed by atoms with Gasteiger partial charge in [0.1, 0.15) is 11.5 Å². The van der Waals surface area contributed by atoms with Crippen molar-refractivity contribution in [3.63, 3.8) is 0 Å². The maximum Gasteiger partial charge on any atom is 0.174 e. The van der Waals surface area contributed by atoms with Crippen molar-refractivity contribution in [3.8, 4) is 11.5 Å². The fraction of sp³-hybridized carbons (Fsp3) is 0.267. The standard InChI is InChI=1S/C30H30N4OS/c36-30-32-28(27-13-7-8-19-31-27)29(22-18-20-33(21-22)23-9-3-1-4-10-23)34(30)24-14-16-26(17-15-24)35-25-11-5-2-6-12-25/h2,5-8,11-21,23,28-29H,1,3-4,9-10H2,(H,32,36)/t28-,29+/m0/s1. The fourth-order valence-electron chi connectivity index (χ4n) is 5.48. The van der Waals surface area contributed by atoms with E-state index in [1.807, 2.05) is 60.8 Å². The third kappa shape index (κ3) is 4.61. The first-order valence-electron chi connectivity index (χ1n) is 12.8. The molecule has 1 saturated heterocycles. The van der Waals surface area contributed by atoms with Gasteiger partial charge in [0.25, 0.3) is 0 Å². The number of para-hydroxylation sites is 1. The summed E-state index contributed by atoms with van der Waals surface area (Å²) in [5.74, 6) is 1.62. The van der Waals surface area contributed by atoms with E-state index in [1.54, 1.807) is 0 Å². The number of benzene rings is 2. The van der Waals surface area contributed by atoms with Crippen LogP contribution < -0.4 is 15.0 Å². The van der Waals surface area contributed by atoms with E-state index >= 15 is 0 Å². The molecule has 0 amide bonds. The summed E-state index contributed by atoms with van der Waals surface area (Å²) in [5, 5.41) is 4.27. The molecule has 4 aromatic rings. The molecule has 1 saturated carbocycles. The van der Waals surface area contributed by atoms with Crippen LogP contribution >= 0.6 is 12.2 Å². The van der Waals surface area contributed by atoms with Crippen molar-refractivity contribution >= 4 is 23.0 Å². The highest BCUT2D eigenvalue weighted by Gasteiger charge is 2.41. The van der Waals surface area contributed by atoms with Crippen molar-refractivity contribution in [2.45, 2.75) is 50.2 Å². The summed E-state index contributed by atoms with van der Waals surface area (Å²) >= 11 is 5.90. The smallest absolute Gasteiger partial charge is 0.174 e. The van der Waals surface area contributed by atoms with Gasteiger partial charge in [-0.25, -0.2) is 0 Å². The Morgan fingerprint density at radius 3 is 2.33 bits per heavy atom. The van der Waals surface area contributed by atoms with E-state index in [1.165, 1.54) is 37.7 Å². The first kappa shape index (κ1) is 22.8. The highest BCUT2D eigenvalue weighted by molar-refractivity contribution is 7.80. The lowest BCUT2D eigenvalue weighted by Crippen LogP contribution is -2.29. The average molecular weight is 495 g/mol. The Kier molecular flexibility index (Phi) is 6.43. The first-order valence-corrected chi connectivity index (χ1v) is 13.2. The van der Waals surface area contributed by atoms with Gasteiger partial charge in [0.2, 0.25) is 0 Å². The molecule has 2 aromatic carbocycles. The van der Waals surface area contributed by atoms with E-state index in [-0.39, 0.29) is 12.1 Å². The molecule has 2 atom stereocenters. The lowest BCUT2D eigenvalue weighted by atomic mass is 9.95. The molecule has 182 valence electrons. The lowest BCUT2D eigenvalue weighted by Gasteiger charge is -2.28. The van der Waals surface area contributed by atoms with Gasteiger partial charge in [-0.05, 0) is 85.2 Å². The second-order valence-corrected chi connectivity index (χ2v) is 9.98. The van der Waals surface area contributed by atoms with Gasteiger partial charge < -0.3 is 19.5 Å². The molecule has 6 heteroatoms. The number of thiocarbonyl (C=S) groups is 1. The normalized spacial score (nSPS) is 20.3. The van der Waals surface area contributed by atoms with Crippen LogP contribution in [0.3, 0.4) is 0 Å². The van der Waals surface area contributed by atoms with Gasteiger partial charge in [0.05, 0.1) is 17.8 Å². The molecule has 3 heterocycles. The molecule has 0 unspecified atom stereocenters. The predicted octanol–water partition coefficient (Wildman–Crippen LogP) is 7.36. The number of anilines is 1. The van der Waals surface area contributed by atoms with E-state index in [4.69, 9.17) is 17.0 Å². The Hall–Kier alpha value is -3.64. The quantitative estimate of drug-likeness (QED) is 0.284. The number of ether oxygens (including phenoxy) is 1. The molecular formula is C30H30N4OS. The molecule has 5 nitrogen and oxygen atoms in total. The molecule has 1 N–H and O–H groups in total. The summed E-state index contributed by atoms with van der Waals surface area (Å²) in [7, 11) is 0. The minimum Gasteiger partial charge on any atom is -0.457 e. The van der Waals surface area contributed by atoms with E-state index in [9.17, 15) is 0 Å². The van der Waals surface area contributed by atoms with Gasteiger partial charge in [-0.3, -0.25) is 4.98 Å². The SMILES string of the molecule is S=C1N[C@@H](c2ccccn2)[C@@H](c2ccn(C3CCCCC3)c2)N1c1ccc(Oc2ccccc2)cc1. The maximum absolute atomic E-state index is 6.01. The molecule has 0 radical (unpaired) electrons. The van der Waals surface area contributed by atoms with Gasteiger partial charge in [-0.15, -0.1) is 0 Å². The van der Waals surface area contributed by atoms with Crippen LogP contribution in [0.5, 0.6) is 11.5 Å². The summed E-state index contributed by atoms with van der Waals surface area (Å²) < 4.78 is 8.43. The lowest BCUT2D eigenvalue weighted by molar-refractivity contribution is 0.353. The largest absolute Gasteiger partial charge is 0.457 e. The molecule has 2 aliphatic rings. The third-order valence-corrected chi connectivity index (χ3v) is 7.58. The molecule has 36 heavy (non-hydrogen) atoms. The van der Waals surface area contributed by atoms with Gasteiger partial charge in [0.15, 0.2) is 5.11 Å². The summed E-state index contributed by atoms with van der Waals surface area (Å²) in [4.78, 5) is 6.90. The van der Waals surface area contributed by atoms with E-state index in [0.29, 0.717) is 11.2 Å². The number of hydrogen-bond donors (Lipinski definition) is 1. The van der Waals surface area contributed by atoms with Gasteiger partial charge >= 0.3 is 0 Å². The Morgan fingerprint density at radius 2 is 1.58 bits per heavy atom. The van der Waals surface area contributed by atoms with Crippen LogP contribution in [0.25, 0.3) is 0 Å². The second kappa shape index (κ2) is 10.2. The van der Waals surface area contributed by atoms with Crippen molar-refractivity contribution in [2.24, 2.45) is 0 Å². The second-order valence-electron chi connectivity index (χ2n) is 9.59. The van der Waals surface area contributed by atoms with Crippen molar-refractivity contribution in [2.75, 3.05) is 4.90 Å². The predicted molar refractivity (Wildman–Crippen MR) is 147 cm³/mol. The van der Waals surface area contributed by atoms with E-state index in [0.717, 1.165) is 22.9 Å². The van der Waals surface area contributed by atoms with Crippen LogP contribution in [0, 0.1) is 0 Å². The summed E-state index contributed by atoms with van der Waals surface area (Å²) in [5.41, 5.74) is 3.26. The van der Waals surface area contributed by atoms with Crippen molar-refractivity contribution in [3.05, 3.63) is 109 Å². The van der Waals surface area contributed by atoms with Crippen LogP contribution in [-0.2, 0) is 0 Å². The van der Waals surface area contributed by atoms with Crippen molar-refractivity contribution in [1.82, 2.24) is 14.9 Å².